The number of likely N-dealkylation sites (tertiary alicyclic amines) is 1. The molecule has 7 heterocycles. The Morgan fingerprint density at radius 3 is 2.54 bits per heavy atom. The second-order valence-electron chi connectivity index (χ2n) is 17.2. The molecule has 0 saturated carbocycles. The van der Waals surface area contributed by atoms with Crippen molar-refractivity contribution in [3.8, 4) is 5.75 Å². The maximum Gasteiger partial charge on any atom is 0.293 e. The first-order valence-electron chi connectivity index (χ1n) is 21.3. The van der Waals surface area contributed by atoms with E-state index in [0.717, 1.165) is 55.9 Å². The number of aromatic nitrogens is 3. The Bertz CT molecular complexity index is 2590. The third kappa shape index (κ3) is 8.06. The molecular weight excluding hydrogens is 832 g/mol. The van der Waals surface area contributed by atoms with Crippen LogP contribution in [0.3, 0.4) is 0 Å². The minimum Gasteiger partial charge on any atom is -0.478 e. The first-order chi connectivity index (χ1) is 30.3. The van der Waals surface area contributed by atoms with Crippen LogP contribution in [0.15, 0.2) is 53.5 Å². The van der Waals surface area contributed by atoms with Crippen LogP contribution in [0.4, 0.5) is 23.1 Å². The van der Waals surface area contributed by atoms with Gasteiger partial charge in [-0.2, -0.15) is 4.98 Å². The normalized spacial score (nSPS) is 20.3. The summed E-state index contributed by atoms with van der Waals surface area (Å²) < 4.78 is 13.7. The number of benzene rings is 2. The number of fused-ring (bicyclic) bond motifs is 2. The molecule has 4 fully saturated rings. The molecule has 330 valence electrons. The minimum atomic E-state index is -1.00. The number of piperidine rings is 2. The summed E-state index contributed by atoms with van der Waals surface area (Å²) in [6, 6.07) is 11.4. The Morgan fingerprint density at radius 2 is 1.79 bits per heavy atom. The van der Waals surface area contributed by atoms with Crippen molar-refractivity contribution in [2.24, 2.45) is 5.92 Å². The molecule has 4 saturated heterocycles. The van der Waals surface area contributed by atoms with Crippen molar-refractivity contribution in [1.82, 2.24) is 35.0 Å². The molecule has 2 aromatic heterocycles. The second-order valence-corrected chi connectivity index (χ2v) is 17.6. The molecule has 1 atom stereocenters. The van der Waals surface area contributed by atoms with E-state index >= 15 is 0 Å². The van der Waals surface area contributed by atoms with E-state index in [1.807, 2.05) is 38.1 Å². The zero-order chi connectivity index (χ0) is 44.2. The molecule has 5 aliphatic rings. The van der Waals surface area contributed by atoms with E-state index in [0.29, 0.717) is 70.4 Å². The monoisotopic (exact) mass is 880 g/mol. The van der Waals surface area contributed by atoms with Gasteiger partial charge in [0.05, 0.1) is 41.7 Å². The number of carbonyl (C=O) groups excluding carboxylic acids is 5. The number of morpholine rings is 1. The van der Waals surface area contributed by atoms with E-state index in [2.05, 4.69) is 35.6 Å². The lowest BCUT2D eigenvalue weighted by Gasteiger charge is -2.54. The lowest BCUT2D eigenvalue weighted by Crippen LogP contribution is -2.70. The summed E-state index contributed by atoms with van der Waals surface area (Å²) in [5.74, 6) is -0.877. The Balaban J connectivity index is 0.812. The highest BCUT2D eigenvalue weighted by atomic mass is 35.5. The van der Waals surface area contributed by atoms with Gasteiger partial charge < -0.3 is 34.5 Å². The number of ether oxygens (including phenoxy) is 2. The van der Waals surface area contributed by atoms with Gasteiger partial charge in [-0.25, -0.2) is 4.98 Å². The molecule has 9 rings (SSSR count). The van der Waals surface area contributed by atoms with E-state index in [1.165, 1.54) is 7.05 Å². The van der Waals surface area contributed by atoms with Crippen LogP contribution in [0.25, 0.3) is 10.9 Å². The zero-order valence-electron chi connectivity index (χ0n) is 35.3. The number of nitrogens with zero attached hydrogens (tertiary/aromatic N) is 7. The molecule has 63 heavy (non-hydrogen) atoms. The Labute approximate surface area is 367 Å². The van der Waals surface area contributed by atoms with Crippen LogP contribution in [0.2, 0.25) is 5.02 Å². The van der Waals surface area contributed by atoms with Gasteiger partial charge in [0.1, 0.15) is 16.7 Å². The molecule has 5 aliphatic heterocycles. The highest BCUT2D eigenvalue weighted by Gasteiger charge is 2.49. The van der Waals surface area contributed by atoms with Crippen LogP contribution in [-0.2, 0) is 19.1 Å². The fourth-order valence-electron chi connectivity index (χ4n) is 9.55. The topological polar surface area (TPSA) is 201 Å². The average molecular weight is 881 g/mol. The predicted octanol–water partition coefficient (Wildman–Crippen LogP) is 3.10. The largest absolute Gasteiger partial charge is 0.478 e. The molecule has 18 nitrogen and oxygen atoms in total. The number of hydrogen-bond donors (Lipinski definition) is 3. The molecule has 2 aromatic carbocycles. The summed E-state index contributed by atoms with van der Waals surface area (Å²) in [6.45, 7) is 9.21. The number of rotatable bonds is 11. The molecule has 1 spiro atoms. The third-order valence-electron chi connectivity index (χ3n) is 12.6. The van der Waals surface area contributed by atoms with Crippen LogP contribution in [-0.4, -0.2) is 132 Å². The first kappa shape index (κ1) is 42.2. The van der Waals surface area contributed by atoms with Gasteiger partial charge in [0, 0.05) is 69.9 Å². The highest BCUT2D eigenvalue weighted by molar-refractivity contribution is 6.33. The van der Waals surface area contributed by atoms with E-state index < -0.39 is 29.7 Å². The Hall–Kier alpha value is -6.11. The van der Waals surface area contributed by atoms with Crippen LogP contribution in [0.5, 0.6) is 5.75 Å². The van der Waals surface area contributed by atoms with E-state index in [4.69, 9.17) is 26.1 Å². The van der Waals surface area contributed by atoms with Gasteiger partial charge in [0.2, 0.25) is 17.8 Å². The summed E-state index contributed by atoms with van der Waals surface area (Å²) in [5, 5.41) is 9.17. The number of imide groups is 2. The van der Waals surface area contributed by atoms with Gasteiger partial charge in [0.15, 0.2) is 18.2 Å². The molecule has 19 heteroatoms. The molecule has 0 bridgehead atoms. The quantitative estimate of drug-likeness (QED) is 0.186. The standard InChI is InChI=1S/C44H49ClN10O8/c1-25(2)54-31-8-7-28(17-27(31)18-34(41(54)60)62-21-36(57)46-3)48-38-30(45)19-47-43(50-38)53-15-16-63-44(24-53)22-51(23-44)20-26-11-13-52(14-12-26)32-6-4-5-29-37(32)42(61)55(40(29)59)33-9-10-35(56)49-39(33)58/h4-8,17-19,25-26,33H,9-16,20-24H2,1-3H3,(H,46,57)(H,47,48,50)(H,49,56,58). The van der Waals surface area contributed by atoms with Crippen molar-refractivity contribution >= 4 is 75.2 Å². The average Bonchev–Trinajstić information content (AvgIpc) is 3.51. The molecule has 0 radical (unpaired) electrons. The van der Waals surface area contributed by atoms with Crippen molar-refractivity contribution in [1.29, 1.82) is 0 Å². The van der Waals surface area contributed by atoms with E-state index in [9.17, 15) is 28.8 Å². The summed E-state index contributed by atoms with van der Waals surface area (Å²) in [4.78, 5) is 93.7. The molecule has 1 unspecified atom stereocenters. The molecule has 0 aliphatic carbocycles. The molecule has 5 amide bonds. The lowest BCUT2D eigenvalue weighted by atomic mass is 9.88. The van der Waals surface area contributed by atoms with Gasteiger partial charge in [-0.3, -0.25) is 43.9 Å². The third-order valence-corrected chi connectivity index (χ3v) is 12.9. The smallest absolute Gasteiger partial charge is 0.293 e. The van der Waals surface area contributed by atoms with E-state index in [1.54, 1.807) is 29.0 Å². The van der Waals surface area contributed by atoms with Gasteiger partial charge in [-0.15, -0.1) is 0 Å². The Kier molecular flexibility index (Phi) is 11.3. The van der Waals surface area contributed by atoms with Crippen molar-refractivity contribution in [2.75, 3.05) is 81.2 Å². The number of nitrogens with one attached hydrogen (secondary N) is 3. The summed E-state index contributed by atoms with van der Waals surface area (Å²) >= 11 is 6.63. The fraction of sp³-hybridized carbons (Fsp3) is 0.455. The van der Waals surface area contributed by atoms with Gasteiger partial charge in [-0.1, -0.05) is 17.7 Å². The maximum atomic E-state index is 13.7. The SMILES string of the molecule is CNC(=O)COc1cc2cc(Nc3nc(N4CCOC5(CN(CC6CCN(c7cccc8c7C(=O)N(C7CCC(=O)NC7=O)C8=O)CC6)C5)C4)ncc3Cl)ccc2n(C(C)C)c1=O. The van der Waals surface area contributed by atoms with Crippen molar-refractivity contribution in [3.05, 3.63) is 75.2 Å². The van der Waals surface area contributed by atoms with Gasteiger partial charge in [0.25, 0.3) is 23.3 Å². The van der Waals surface area contributed by atoms with Gasteiger partial charge in [-0.05, 0) is 75.4 Å². The van der Waals surface area contributed by atoms with E-state index in [-0.39, 0.29) is 48.3 Å². The van der Waals surface area contributed by atoms with Crippen LogP contribution in [0, 0.1) is 5.92 Å². The fourth-order valence-corrected chi connectivity index (χ4v) is 9.69. The van der Waals surface area contributed by atoms with Crippen molar-refractivity contribution < 1.29 is 33.4 Å². The zero-order valence-corrected chi connectivity index (χ0v) is 36.1. The van der Waals surface area contributed by atoms with Gasteiger partial charge >= 0.3 is 0 Å². The number of halogens is 1. The van der Waals surface area contributed by atoms with Crippen LogP contribution >= 0.6 is 11.6 Å². The second kappa shape index (κ2) is 16.9. The highest BCUT2D eigenvalue weighted by Crippen LogP contribution is 2.38. The summed E-state index contributed by atoms with van der Waals surface area (Å²) in [5.41, 5.74) is 2.05. The number of likely N-dealkylation sites (N-methyl/N-ethyl adjacent to an activating group) is 1. The number of anilines is 4. The number of carbonyl (C=O) groups is 5. The minimum absolute atomic E-state index is 0.0748. The number of amides is 5. The lowest BCUT2D eigenvalue weighted by molar-refractivity contribution is -0.152. The summed E-state index contributed by atoms with van der Waals surface area (Å²) in [6.07, 6.45) is 3.60. The molecule has 3 N–H and O–H groups in total. The maximum absolute atomic E-state index is 13.7. The first-order valence-corrected chi connectivity index (χ1v) is 21.7. The van der Waals surface area contributed by atoms with Crippen LogP contribution in [0.1, 0.15) is 66.3 Å². The van der Waals surface area contributed by atoms with Crippen LogP contribution < -0.4 is 36.0 Å². The van der Waals surface area contributed by atoms with Crippen molar-refractivity contribution in [3.63, 3.8) is 0 Å². The predicted molar refractivity (Wildman–Crippen MR) is 234 cm³/mol. The summed E-state index contributed by atoms with van der Waals surface area (Å²) in [7, 11) is 1.51. The Morgan fingerprint density at radius 1 is 1.00 bits per heavy atom. The van der Waals surface area contributed by atoms with Crippen molar-refractivity contribution in [2.45, 2.75) is 57.2 Å². The number of hydrogen-bond acceptors (Lipinski definition) is 14. The molecule has 4 aromatic rings. The number of pyridine rings is 1. The molecular formula is C44H49ClN10O8.